The van der Waals surface area contributed by atoms with Crippen LogP contribution in [0.15, 0.2) is 18.2 Å². The number of piperidine rings is 2. The van der Waals surface area contributed by atoms with Crippen molar-refractivity contribution >= 4 is 5.91 Å². The second-order valence-electron chi connectivity index (χ2n) is 7.01. The van der Waals surface area contributed by atoms with E-state index < -0.39 is 17.6 Å². The summed E-state index contributed by atoms with van der Waals surface area (Å²) in [6, 6.07) is 3.47. The molecule has 0 atom stereocenters. The summed E-state index contributed by atoms with van der Waals surface area (Å²) in [4.78, 5) is 16.1. The van der Waals surface area contributed by atoms with Crippen molar-refractivity contribution in [1.82, 2.24) is 9.80 Å². The summed E-state index contributed by atoms with van der Waals surface area (Å²) in [5.41, 5.74) is 0.570. The first-order chi connectivity index (χ1) is 11.8. The van der Waals surface area contributed by atoms with E-state index in [4.69, 9.17) is 0 Å². The molecule has 3 rings (SSSR count). The van der Waals surface area contributed by atoms with Gasteiger partial charge in [-0.15, -0.1) is 0 Å². The lowest BCUT2D eigenvalue weighted by Gasteiger charge is -2.37. The molecular formula is C18H22F4N2O. The molecule has 1 aromatic carbocycles. The molecule has 2 heterocycles. The van der Waals surface area contributed by atoms with Crippen LogP contribution in [0.4, 0.5) is 17.6 Å². The number of hydrogen-bond donors (Lipinski definition) is 0. The second-order valence-corrected chi connectivity index (χ2v) is 7.01. The lowest BCUT2D eigenvalue weighted by molar-refractivity contribution is -0.143. The molecule has 0 spiro atoms. The lowest BCUT2D eigenvalue weighted by atomic mass is 9.93. The molecule has 0 radical (unpaired) electrons. The molecule has 7 heteroatoms. The highest BCUT2D eigenvalue weighted by molar-refractivity contribution is 5.79. The molecule has 0 unspecified atom stereocenters. The molecule has 2 saturated heterocycles. The van der Waals surface area contributed by atoms with E-state index in [1.54, 1.807) is 4.90 Å². The maximum atomic E-state index is 13.2. The number of hydrogen-bond acceptors (Lipinski definition) is 2. The van der Waals surface area contributed by atoms with E-state index in [0.717, 1.165) is 6.07 Å². The molecule has 0 aliphatic carbocycles. The highest BCUT2D eigenvalue weighted by Crippen LogP contribution is 2.30. The molecule has 2 aliphatic rings. The van der Waals surface area contributed by atoms with Gasteiger partial charge in [0.2, 0.25) is 5.91 Å². The standard InChI is InChI=1S/C18H22F4N2O/c19-15-9-13(10-16(20)11-15)12-23-5-1-14(2-6-23)17(25)24-7-3-18(21,22)4-8-24/h9-11,14H,1-8,12H2. The Labute approximate surface area is 144 Å². The molecule has 0 saturated carbocycles. The van der Waals surface area contributed by atoms with Gasteiger partial charge in [0.05, 0.1) is 0 Å². The highest BCUT2D eigenvalue weighted by Gasteiger charge is 2.37. The van der Waals surface area contributed by atoms with Gasteiger partial charge in [0.25, 0.3) is 5.92 Å². The third kappa shape index (κ3) is 4.71. The Kier molecular flexibility index (Phi) is 5.32. The summed E-state index contributed by atoms with van der Waals surface area (Å²) >= 11 is 0. The largest absolute Gasteiger partial charge is 0.342 e. The summed E-state index contributed by atoms with van der Waals surface area (Å²) in [7, 11) is 0. The van der Waals surface area contributed by atoms with Crippen molar-refractivity contribution in [1.29, 1.82) is 0 Å². The lowest BCUT2D eigenvalue weighted by Crippen LogP contribution is -2.47. The van der Waals surface area contributed by atoms with E-state index in [-0.39, 0.29) is 37.8 Å². The van der Waals surface area contributed by atoms with Gasteiger partial charge in [0, 0.05) is 44.5 Å². The zero-order valence-electron chi connectivity index (χ0n) is 14.0. The Bertz CT molecular complexity index is 599. The van der Waals surface area contributed by atoms with Crippen molar-refractivity contribution in [3.63, 3.8) is 0 Å². The SMILES string of the molecule is O=C(C1CCN(Cc2cc(F)cc(F)c2)CC1)N1CCC(F)(F)CC1. The highest BCUT2D eigenvalue weighted by atomic mass is 19.3. The Balaban J connectivity index is 1.49. The van der Waals surface area contributed by atoms with Crippen LogP contribution in [0.2, 0.25) is 0 Å². The molecule has 1 amide bonds. The zero-order chi connectivity index (χ0) is 18.0. The van der Waals surface area contributed by atoms with Crippen LogP contribution in [0, 0.1) is 17.6 Å². The van der Waals surface area contributed by atoms with Crippen molar-refractivity contribution < 1.29 is 22.4 Å². The van der Waals surface area contributed by atoms with Crippen molar-refractivity contribution in [2.45, 2.75) is 38.2 Å². The first-order valence-electron chi connectivity index (χ1n) is 8.66. The van der Waals surface area contributed by atoms with Crippen molar-refractivity contribution in [3.8, 4) is 0 Å². The van der Waals surface area contributed by atoms with Crippen LogP contribution in [-0.4, -0.2) is 47.8 Å². The molecule has 1 aromatic rings. The van der Waals surface area contributed by atoms with E-state index in [1.807, 2.05) is 0 Å². The molecular weight excluding hydrogens is 336 g/mol. The third-order valence-corrected chi connectivity index (χ3v) is 5.07. The van der Waals surface area contributed by atoms with Crippen LogP contribution in [0.1, 0.15) is 31.2 Å². The fourth-order valence-corrected chi connectivity index (χ4v) is 3.61. The zero-order valence-corrected chi connectivity index (χ0v) is 14.0. The van der Waals surface area contributed by atoms with Gasteiger partial charge in [-0.05, 0) is 43.6 Å². The minimum atomic E-state index is -2.65. The van der Waals surface area contributed by atoms with Crippen LogP contribution in [0.5, 0.6) is 0 Å². The third-order valence-electron chi connectivity index (χ3n) is 5.07. The molecule has 0 N–H and O–H groups in total. The Morgan fingerprint density at radius 2 is 1.56 bits per heavy atom. The number of nitrogens with zero attached hydrogens (tertiary/aromatic N) is 2. The second kappa shape index (κ2) is 7.32. The van der Waals surface area contributed by atoms with Crippen LogP contribution in [-0.2, 0) is 11.3 Å². The first-order valence-corrected chi connectivity index (χ1v) is 8.66. The fourth-order valence-electron chi connectivity index (χ4n) is 3.61. The molecule has 25 heavy (non-hydrogen) atoms. The minimum Gasteiger partial charge on any atom is -0.342 e. The molecule has 0 aromatic heterocycles. The first kappa shape index (κ1) is 18.2. The summed E-state index contributed by atoms with van der Waals surface area (Å²) in [6.45, 7) is 1.98. The van der Waals surface area contributed by atoms with Gasteiger partial charge in [-0.2, -0.15) is 0 Å². The predicted molar refractivity (Wildman–Crippen MR) is 85.1 cm³/mol. The van der Waals surface area contributed by atoms with Gasteiger partial charge in [-0.1, -0.05) is 0 Å². The monoisotopic (exact) mass is 358 g/mol. The average Bonchev–Trinajstić information content (AvgIpc) is 2.54. The summed E-state index contributed by atoms with van der Waals surface area (Å²) in [5.74, 6) is -4.02. The number of amides is 1. The summed E-state index contributed by atoms with van der Waals surface area (Å²) in [6.07, 6.45) is 0.762. The van der Waals surface area contributed by atoms with Crippen molar-refractivity contribution in [2.24, 2.45) is 5.92 Å². The Morgan fingerprint density at radius 3 is 2.12 bits per heavy atom. The fraction of sp³-hybridized carbons (Fsp3) is 0.611. The van der Waals surface area contributed by atoms with Gasteiger partial charge < -0.3 is 4.90 Å². The van der Waals surface area contributed by atoms with Gasteiger partial charge >= 0.3 is 0 Å². The van der Waals surface area contributed by atoms with E-state index in [0.29, 0.717) is 38.0 Å². The Hall–Kier alpha value is -1.63. The number of alkyl halides is 2. The van der Waals surface area contributed by atoms with E-state index >= 15 is 0 Å². The van der Waals surface area contributed by atoms with Gasteiger partial charge in [-0.25, -0.2) is 17.6 Å². The number of rotatable bonds is 3. The topological polar surface area (TPSA) is 23.6 Å². The Morgan fingerprint density at radius 1 is 1.00 bits per heavy atom. The van der Waals surface area contributed by atoms with Crippen molar-refractivity contribution in [2.75, 3.05) is 26.2 Å². The van der Waals surface area contributed by atoms with E-state index in [9.17, 15) is 22.4 Å². The van der Waals surface area contributed by atoms with E-state index in [2.05, 4.69) is 4.90 Å². The van der Waals surface area contributed by atoms with Gasteiger partial charge in [0.15, 0.2) is 0 Å². The van der Waals surface area contributed by atoms with Crippen LogP contribution in [0.25, 0.3) is 0 Å². The number of carbonyl (C=O) groups excluding carboxylic acids is 1. The quantitative estimate of drug-likeness (QED) is 0.773. The normalized spacial score (nSPS) is 22.2. The van der Waals surface area contributed by atoms with Crippen molar-refractivity contribution in [3.05, 3.63) is 35.4 Å². The van der Waals surface area contributed by atoms with Gasteiger partial charge in [-0.3, -0.25) is 9.69 Å². The summed E-state index contributed by atoms with van der Waals surface area (Å²) < 4.78 is 52.9. The average molecular weight is 358 g/mol. The summed E-state index contributed by atoms with van der Waals surface area (Å²) in [5, 5.41) is 0. The number of likely N-dealkylation sites (tertiary alicyclic amines) is 2. The van der Waals surface area contributed by atoms with Crippen LogP contribution < -0.4 is 0 Å². The number of halogens is 4. The smallest absolute Gasteiger partial charge is 0.251 e. The molecule has 3 nitrogen and oxygen atoms in total. The maximum Gasteiger partial charge on any atom is 0.251 e. The van der Waals surface area contributed by atoms with Crippen LogP contribution >= 0.6 is 0 Å². The number of carbonyl (C=O) groups is 1. The predicted octanol–water partition coefficient (Wildman–Crippen LogP) is 3.43. The number of benzene rings is 1. The molecule has 2 aliphatic heterocycles. The minimum absolute atomic E-state index is 0.0352. The molecule has 138 valence electrons. The van der Waals surface area contributed by atoms with Crippen LogP contribution in [0.3, 0.4) is 0 Å². The van der Waals surface area contributed by atoms with Gasteiger partial charge in [0.1, 0.15) is 11.6 Å². The molecule has 0 bridgehead atoms. The van der Waals surface area contributed by atoms with E-state index in [1.165, 1.54) is 12.1 Å². The molecule has 2 fully saturated rings. The maximum absolute atomic E-state index is 13.2.